The number of hydrogen-bond acceptors (Lipinski definition) is 4. The summed E-state index contributed by atoms with van der Waals surface area (Å²) in [4.78, 5) is 26.0. The number of nitrogens with zero attached hydrogens (tertiary/aromatic N) is 2. The standard InChI is InChI=1S/C16H20N4O4/c1-11-12(8-20-9-13(19-10-20)15(21)17-2)4-3-5-14(11)24-7-6-18-16(22)23/h3-5,9-10,18H,6-8H2,1-2H3,(H,17,21)(H,22,23). The van der Waals surface area contributed by atoms with E-state index in [0.29, 0.717) is 18.0 Å². The summed E-state index contributed by atoms with van der Waals surface area (Å²) in [5, 5.41) is 13.3. The third-order valence-electron chi connectivity index (χ3n) is 3.48. The van der Waals surface area contributed by atoms with Crippen molar-refractivity contribution in [1.82, 2.24) is 20.2 Å². The third kappa shape index (κ3) is 4.48. The Morgan fingerprint density at radius 3 is 2.88 bits per heavy atom. The van der Waals surface area contributed by atoms with Crippen molar-refractivity contribution in [2.75, 3.05) is 20.2 Å². The number of hydrogen-bond donors (Lipinski definition) is 3. The molecule has 0 aliphatic rings. The summed E-state index contributed by atoms with van der Waals surface area (Å²) >= 11 is 0. The van der Waals surface area contributed by atoms with Gasteiger partial charge in [-0.25, -0.2) is 9.78 Å². The topological polar surface area (TPSA) is 105 Å². The Labute approximate surface area is 139 Å². The summed E-state index contributed by atoms with van der Waals surface area (Å²) < 4.78 is 7.43. The molecule has 1 heterocycles. The smallest absolute Gasteiger partial charge is 0.404 e. The van der Waals surface area contributed by atoms with E-state index in [9.17, 15) is 9.59 Å². The quantitative estimate of drug-likeness (QED) is 0.662. The van der Waals surface area contributed by atoms with E-state index >= 15 is 0 Å². The van der Waals surface area contributed by atoms with Crippen molar-refractivity contribution in [3.8, 4) is 5.75 Å². The molecular formula is C16H20N4O4. The summed E-state index contributed by atoms with van der Waals surface area (Å²) in [6, 6.07) is 5.68. The Hall–Kier alpha value is -3.03. The van der Waals surface area contributed by atoms with Gasteiger partial charge in [-0.3, -0.25) is 4.79 Å². The minimum atomic E-state index is -1.07. The van der Waals surface area contributed by atoms with Crippen LogP contribution < -0.4 is 15.4 Å². The van der Waals surface area contributed by atoms with Gasteiger partial charge in [0.1, 0.15) is 18.1 Å². The van der Waals surface area contributed by atoms with E-state index in [4.69, 9.17) is 9.84 Å². The molecule has 1 aromatic carbocycles. The number of amides is 2. The summed E-state index contributed by atoms with van der Waals surface area (Å²) in [7, 11) is 1.56. The first-order valence-corrected chi connectivity index (χ1v) is 7.43. The maximum absolute atomic E-state index is 11.5. The normalized spacial score (nSPS) is 10.2. The molecule has 0 aliphatic carbocycles. The molecule has 2 amide bonds. The maximum atomic E-state index is 11.5. The molecule has 24 heavy (non-hydrogen) atoms. The molecule has 0 saturated heterocycles. The number of carboxylic acid groups (broad SMARTS) is 1. The highest BCUT2D eigenvalue weighted by Gasteiger charge is 2.09. The minimum Gasteiger partial charge on any atom is -0.491 e. The average Bonchev–Trinajstić information content (AvgIpc) is 3.02. The summed E-state index contributed by atoms with van der Waals surface area (Å²) in [6.45, 7) is 2.96. The van der Waals surface area contributed by atoms with Gasteiger partial charge in [0.05, 0.1) is 12.9 Å². The van der Waals surface area contributed by atoms with Crippen molar-refractivity contribution < 1.29 is 19.4 Å². The number of carbonyl (C=O) groups excluding carboxylic acids is 1. The second kappa shape index (κ2) is 8.00. The molecule has 0 saturated carbocycles. The summed E-state index contributed by atoms with van der Waals surface area (Å²) in [6.07, 6.45) is 2.22. The van der Waals surface area contributed by atoms with Crippen molar-refractivity contribution in [3.63, 3.8) is 0 Å². The SMILES string of the molecule is CNC(=O)c1cn(Cc2cccc(OCCNC(=O)O)c2C)cn1. The molecule has 3 N–H and O–H groups in total. The van der Waals surface area contributed by atoms with Gasteiger partial charge in [-0.2, -0.15) is 0 Å². The molecule has 0 spiro atoms. The first-order chi connectivity index (χ1) is 11.5. The first kappa shape index (κ1) is 17.3. The third-order valence-corrected chi connectivity index (χ3v) is 3.48. The van der Waals surface area contributed by atoms with Gasteiger partial charge >= 0.3 is 6.09 Å². The second-order valence-electron chi connectivity index (χ2n) is 5.13. The van der Waals surface area contributed by atoms with Gasteiger partial charge in [0.25, 0.3) is 5.91 Å². The lowest BCUT2D eigenvalue weighted by molar-refractivity contribution is 0.0958. The summed E-state index contributed by atoms with van der Waals surface area (Å²) in [5.41, 5.74) is 2.35. The second-order valence-corrected chi connectivity index (χ2v) is 5.13. The van der Waals surface area contributed by atoms with E-state index in [1.807, 2.05) is 29.7 Å². The maximum Gasteiger partial charge on any atom is 0.404 e. The molecule has 8 nitrogen and oxygen atoms in total. The van der Waals surface area contributed by atoms with Gasteiger partial charge in [0.2, 0.25) is 0 Å². The van der Waals surface area contributed by atoms with Crippen LogP contribution in [0.4, 0.5) is 4.79 Å². The predicted octanol–water partition coefficient (Wildman–Crippen LogP) is 1.25. The number of aromatic nitrogens is 2. The van der Waals surface area contributed by atoms with E-state index < -0.39 is 6.09 Å². The number of nitrogens with one attached hydrogen (secondary N) is 2. The van der Waals surface area contributed by atoms with E-state index in [1.165, 1.54) is 0 Å². The zero-order chi connectivity index (χ0) is 17.5. The molecule has 2 rings (SSSR count). The van der Waals surface area contributed by atoms with Crippen molar-refractivity contribution in [3.05, 3.63) is 47.5 Å². The van der Waals surface area contributed by atoms with Crippen LogP contribution >= 0.6 is 0 Å². The van der Waals surface area contributed by atoms with Gasteiger partial charge in [-0.15, -0.1) is 0 Å². The molecule has 0 aliphatic heterocycles. The summed E-state index contributed by atoms with van der Waals surface area (Å²) in [5.74, 6) is 0.472. The monoisotopic (exact) mass is 332 g/mol. The van der Waals surface area contributed by atoms with Crippen LogP contribution in [0.1, 0.15) is 21.6 Å². The van der Waals surface area contributed by atoms with Gasteiger partial charge < -0.3 is 25.0 Å². The fraction of sp³-hybridized carbons (Fsp3) is 0.312. The number of carbonyl (C=O) groups is 2. The molecule has 8 heteroatoms. The van der Waals surface area contributed by atoms with Gasteiger partial charge in [-0.1, -0.05) is 12.1 Å². The molecule has 1 aromatic heterocycles. The van der Waals surface area contributed by atoms with Crippen molar-refractivity contribution in [1.29, 1.82) is 0 Å². The molecule has 2 aromatic rings. The highest BCUT2D eigenvalue weighted by atomic mass is 16.5. The highest BCUT2D eigenvalue weighted by molar-refractivity contribution is 5.91. The van der Waals surface area contributed by atoms with Gasteiger partial charge in [0.15, 0.2) is 0 Å². The number of ether oxygens (including phenoxy) is 1. The van der Waals surface area contributed by atoms with Crippen LogP contribution in [0.25, 0.3) is 0 Å². The predicted molar refractivity (Wildman–Crippen MR) is 87.4 cm³/mol. The largest absolute Gasteiger partial charge is 0.491 e. The lowest BCUT2D eigenvalue weighted by atomic mass is 10.1. The van der Waals surface area contributed by atoms with Gasteiger partial charge in [0, 0.05) is 19.8 Å². The van der Waals surface area contributed by atoms with Crippen LogP contribution in [0, 0.1) is 6.92 Å². The number of rotatable bonds is 7. The number of benzene rings is 1. The van der Waals surface area contributed by atoms with Crippen LogP contribution in [-0.4, -0.2) is 46.9 Å². The van der Waals surface area contributed by atoms with Crippen molar-refractivity contribution >= 4 is 12.0 Å². The van der Waals surface area contributed by atoms with Crippen LogP contribution in [0.15, 0.2) is 30.7 Å². The van der Waals surface area contributed by atoms with E-state index in [1.54, 1.807) is 19.6 Å². The molecule has 128 valence electrons. The fourth-order valence-electron chi connectivity index (χ4n) is 2.20. The molecular weight excluding hydrogens is 312 g/mol. The van der Waals surface area contributed by atoms with Crippen LogP contribution in [0.5, 0.6) is 5.75 Å². The molecule has 0 atom stereocenters. The molecule has 0 fully saturated rings. The Morgan fingerprint density at radius 2 is 2.17 bits per heavy atom. The Bertz CT molecular complexity index is 727. The number of imidazole rings is 1. The zero-order valence-corrected chi connectivity index (χ0v) is 13.6. The molecule has 0 radical (unpaired) electrons. The molecule has 0 bridgehead atoms. The lowest BCUT2D eigenvalue weighted by Crippen LogP contribution is -2.26. The van der Waals surface area contributed by atoms with E-state index in [2.05, 4.69) is 15.6 Å². The Morgan fingerprint density at radius 1 is 1.38 bits per heavy atom. The van der Waals surface area contributed by atoms with Crippen molar-refractivity contribution in [2.24, 2.45) is 0 Å². The zero-order valence-electron chi connectivity index (χ0n) is 13.6. The Balaban J connectivity index is 2.03. The highest BCUT2D eigenvalue weighted by Crippen LogP contribution is 2.22. The first-order valence-electron chi connectivity index (χ1n) is 7.43. The van der Waals surface area contributed by atoms with Crippen LogP contribution in [0.3, 0.4) is 0 Å². The molecule has 0 unspecified atom stereocenters. The Kier molecular flexibility index (Phi) is 5.78. The average molecular weight is 332 g/mol. The fourth-order valence-corrected chi connectivity index (χ4v) is 2.20. The lowest BCUT2D eigenvalue weighted by Gasteiger charge is -2.13. The van der Waals surface area contributed by atoms with Crippen molar-refractivity contribution in [2.45, 2.75) is 13.5 Å². The van der Waals surface area contributed by atoms with Crippen LogP contribution in [-0.2, 0) is 6.54 Å². The van der Waals surface area contributed by atoms with E-state index in [-0.39, 0.29) is 19.1 Å². The minimum absolute atomic E-state index is 0.218. The van der Waals surface area contributed by atoms with Crippen LogP contribution in [0.2, 0.25) is 0 Å². The van der Waals surface area contributed by atoms with Gasteiger partial charge in [-0.05, 0) is 24.1 Å². The van der Waals surface area contributed by atoms with E-state index in [0.717, 1.165) is 11.1 Å².